The number of carbonyl (C=O) groups excluding carboxylic acids is 3. The van der Waals surface area contributed by atoms with Gasteiger partial charge in [-0.25, -0.2) is 14.6 Å². The van der Waals surface area contributed by atoms with Crippen LogP contribution in [0.25, 0.3) is 5.69 Å². The molecule has 1 aromatic carbocycles. The number of likely N-dealkylation sites (tertiary alicyclic amines) is 2. The van der Waals surface area contributed by atoms with Gasteiger partial charge in [-0.1, -0.05) is 23.7 Å². The molecule has 3 unspecified atom stereocenters. The Balaban J connectivity index is 1.07. The first kappa shape index (κ1) is 28.5. The van der Waals surface area contributed by atoms with Gasteiger partial charge in [0.2, 0.25) is 5.91 Å². The predicted octanol–water partition coefficient (Wildman–Crippen LogP) is 3.55. The van der Waals surface area contributed by atoms with Crippen LogP contribution >= 0.6 is 11.6 Å². The molecule has 2 amide bonds. The van der Waals surface area contributed by atoms with Crippen LogP contribution in [-0.4, -0.2) is 79.9 Å². The third kappa shape index (κ3) is 5.83. The molecule has 2 aliphatic heterocycles. The van der Waals surface area contributed by atoms with Gasteiger partial charge in [0.15, 0.2) is 0 Å². The number of halogens is 1. The van der Waals surface area contributed by atoms with Crippen LogP contribution < -0.4 is 5.32 Å². The van der Waals surface area contributed by atoms with E-state index in [1.165, 1.54) is 6.33 Å². The maximum Gasteiger partial charge on any atom is 0.257 e. The van der Waals surface area contributed by atoms with Crippen molar-refractivity contribution in [1.82, 2.24) is 34.9 Å². The summed E-state index contributed by atoms with van der Waals surface area (Å²) in [5.74, 6) is 0.728. The van der Waals surface area contributed by atoms with E-state index in [0.717, 1.165) is 56.1 Å². The van der Waals surface area contributed by atoms with E-state index in [1.54, 1.807) is 17.1 Å². The largest absolute Gasteiger partial charge is 0.349 e. The van der Waals surface area contributed by atoms with E-state index < -0.39 is 0 Å². The van der Waals surface area contributed by atoms with E-state index in [2.05, 4.69) is 25.3 Å². The molecule has 0 radical (unpaired) electrons. The minimum Gasteiger partial charge on any atom is -0.349 e. The number of carbonyl (C=O) groups is 3. The van der Waals surface area contributed by atoms with Crippen LogP contribution in [0.1, 0.15) is 59.0 Å². The molecule has 1 aliphatic carbocycles. The highest BCUT2D eigenvalue weighted by atomic mass is 35.5. The van der Waals surface area contributed by atoms with Crippen molar-refractivity contribution in [1.29, 1.82) is 0 Å². The first-order valence-electron chi connectivity index (χ1n) is 14.7. The molecule has 0 spiro atoms. The van der Waals surface area contributed by atoms with Crippen molar-refractivity contribution in [3.05, 3.63) is 70.5 Å². The molecule has 1 saturated carbocycles. The first-order valence-corrected chi connectivity index (χ1v) is 15.1. The van der Waals surface area contributed by atoms with Gasteiger partial charge >= 0.3 is 0 Å². The summed E-state index contributed by atoms with van der Waals surface area (Å²) in [6.45, 7) is 7.90. The first-order chi connectivity index (χ1) is 20.3. The number of Topliss-reactive ketones (excluding diaryl/α,β-unsaturated/α-hetero) is 1. The highest BCUT2D eigenvalue weighted by molar-refractivity contribution is 6.30. The lowest BCUT2D eigenvalue weighted by Gasteiger charge is -2.26. The second-order valence-electron chi connectivity index (χ2n) is 11.9. The molecular formula is C31H36ClN7O3. The van der Waals surface area contributed by atoms with Gasteiger partial charge in [-0.15, -0.1) is 0 Å². The Morgan fingerprint density at radius 1 is 1.10 bits per heavy atom. The number of aryl methyl sites for hydroxylation is 1. The van der Waals surface area contributed by atoms with E-state index in [9.17, 15) is 14.4 Å². The van der Waals surface area contributed by atoms with E-state index in [-0.39, 0.29) is 29.6 Å². The Hall–Kier alpha value is -3.63. The van der Waals surface area contributed by atoms with Gasteiger partial charge in [0.25, 0.3) is 5.91 Å². The number of benzene rings is 1. The summed E-state index contributed by atoms with van der Waals surface area (Å²) in [5, 5.41) is 8.46. The smallest absolute Gasteiger partial charge is 0.257 e. The topological polar surface area (TPSA) is 113 Å². The van der Waals surface area contributed by atoms with Gasteiger partial charge < -0.3 is 15.1 Å². The number of ketones is 1. The Kier molecular flexibility index (Phi) is 8.09. The molecule has 3 aliphatic rings. The minimum atomic E-state index is -0.241. The SMILES string of the molecule is Cc1nn(-c2cncnc2)c(C)c1C(=O)N1CC2CN(CCC(NC(=O)C3CCC(=O)C3)c3cccc(Cl)c3)C[C@H]2C1. The molecule has 2 saturated heterocycles. The molecule has 2 aromatic heterocycles. The number of nitrogens with zero attached hydrogens (tertiary/aromatic N) is 6. The van der Waals surface area contributed by atoms with E-state index in [1.807, 2.05) is 43.0 Å². The molecule has 4 heterocycles. The van der Waals surface area contributed by atoms with Crippen molar-refractivity contribution >= 4 is 29.2 Å². The molecule has 3 fully saturated rings. The van der Waals surface area contributed by atoms with Crippen molar-refractivity contribution in [2.75, 3.05) is 32.7 Å². The van der Waals surface area contributed by atoms with Crippen molar-refractivity contribution < 1.29 is 14.4 Å². The molecule has 0 bridgehead atoms. The molecular weight excluding hydrogens is 554 g/mol. The maximum atomic E-state index is 13.6. The van der Waals surface area contributed by atoms with Gasteiger partial charge in [-0.2, -0.15) is 5.10 Å². The molecule has 4 atom stereocenters. The van der Waals surface area contributed by atoms with Crippen LogP contribution in [0.3, 0.4) is 0 Å². The van der Waals surface area contributed by atoms with Gasteiger partial charge in [0.05, 0.1) is 35.4 Å². The summed E-state index contributed by atoms with van der Waals surface area (Å²) in [6.07, 6.45) is 7.04. The summed E-state index contributed by atoms with van der Waals surface area (Å²) in [4.78, 5) is 51.0. The summed E-state index contributed by atoms with van der Waals surface area (Å²) >= 11 is 6.29. The highest BCUT2D eigenvalue weighted by Crippen LogP contribution is 2.34. The van der Waals surface area contributed by atoms with Crippen LogP contribution in [0.15, 0.2) is 43.0 Å². The molecule has 11 heteroatoms. The average Bonchev–Trinajstić information content (AvgIpc) is 3.74. The molecule has 42 heavy (non-hydrogen) atoms. The minimum absolute atomic E-state index is 0.0307. The zero-order valence-corrected chi connectivity index (χ0v) is 24.8. The van der Waals surface area contributed by atoms with Gasteiger partial charge in [0.1, 0.15) is 17.8 Å². The van der Waals surface area contributed by atoms with Gasteiger partial charge in [-0.05, 0) is 56.2 Å². The number of hydrogen-bond acceptors (Lipinski definition) is 7. The Bertz CT molecular complexity index is 1480. The Morgan fingerprint density at radius 2 is 1.83 bits per heavy atom. The maximum absolute atomic E-state index is 13.6. The summed E-state index contributed by atoms with van der Waals surface area (Å²) in [5.41, 5.74) is 3.86. The van der Waals surface area contributed by atoms with E-state index >= 15 is 0 Å². The monoisotopic (exact) mass is 589 g/mol. The second kappa shape index (κ2) is 11.9. The number of nitrogens with one attached hydrogen (secondary N) is 1. The van der Waals surface area contributed by atoms with E-state index in [4.69, 9.17) is 11.6 Å². The summed E-state index contributed by atoms with van der Waals surface area (Å²) in [7, 11) is 0. The molecule has 6 rings (SSSR count). The molecule has 1 N–H and O–H groups in total. The fourth-order valence-corrected chi connectivity index (χ4v) is 7.08. The van der Waals surface area contributed by atoms with Crippen molar-refractivity contribution in [3.63, 3.8) is 0 Å². The number of amides is 2. The van der Waals surface area contributed by atoms with Crippen LogP contribution in [0.4, 0.5) is 0 Å². The van der Waals surface area contributed by atoms with Crippen LogP contribution in [0.2, 0.25) is 5.02 Å². The fraction of sp³-hybridized carbons (Fsp3) is 0.484. The van der Waals surface area contributed by atoms with Crippen LogP contribution in [0, 0.1) is 31.6 Å². The second-order valence-corrected chi connectivity index (χ2v) is 12.4. The third-order valence-corrected chi connectivity index (χ3v) is 9.30. The lowest BCUT2D eigenvalue weighted by atomic mass is 10.0. The van der Waals surface area contributed by atoms with Crippen molar-refractivity contribution in [3.8, 4) is 5.69 Å². The van der Waals surface area contributed by atoms with Crippen molar-refractivity contribution in [2.24, 2.45) is 17.8 Å². The van der Waals surface area contributed by atoms with Crippen LogP contribution in [-0.2, 0) is 9.59 Å². The highest BCUT2D eigenvalue weighted by Gasteiger charge is 2.42. The summed E-state index contributed by atoms with van der Waals surface area (Å²) < 4.78 is 1.74. The zero-order valence-electron chi connectivity index (χ0n) is 24.0. The lowest BCUT2D eigenvalue weighted by Crippen LogP contribution is -2.37. The zero-order chi connectivity index (χ0) is 29.4. The normalized spacial score (nSPS) is 22.9. The lowest BCUT2D eigenvalue weighted by molar-refractivity contribution is -0.127. The molecule has 10 nitrogen and oxygen atoms in total. The fourth-order valence-electron chi connectivity index (χ4n) is 6.89. The Morgan fingerprint density at radius 3 is 2.50 bits per heavy atom. The average molecular weight is 590 g/mol. The summed E-state index contributed by atoms with van der Waals surface area (Å²) in [6, 6.07) is 7.46. The Labute approximate surface area is 250 Å². The molecule has 220 valence electrons. The van der Waals surface area contributed by atoms with Crippen LogP contribution in [0.5, 0.6) is 0 Å². The van der Waals surface area contributed by atoms with Crippen molar-refractivity contribution in [2.45, 2.75) is 45.6 Å². The number of rotatable bonds is 8. The number of fused-ring (bicyclic) bond motifs is 1. The number of hydrogen-bond donors (Lipinski definition) is 1. The number of aromatic nitrogens is 4. The quantitative estimate of drug-likeness (QED) is 0.427. The van der Waals surface area contributed by atoms with E-state index in [0.29, 0.717) is 47.4 Å². The predicted molar refractivity (Wildman–Crippen MR) is 157 cm³/mol. The third-order valence-electron chi connectivity index (χ3n) is 9.06. The molecule has 3 aromatic rings. The standard InChI is InChI=1S/C31H36ClN7O3/c1-19-29(20(2)39(36-19)26-12-33-18-34-13-26)31(42)38-16-23-14-37(15-24(23)17-38)9-8-28(21-4-3-5-25(32)10-21)35-30(41)22-6-7-27(40)11-22/h3-5,10,12-13,18,22-24,28H,6-9,11,14-17H2,1-2H3,(H,35,41)/t22?,23-,24?,28?/m0/s1. The van der Waals surface area contributed by atoms with Gasteiger partial charge in [-0.3, -0.25) is 14.4 Å². The van der Waals surface area contributed by atoms with Gasteiger partial charge in [0, 0.05) is 56.5 Å².